The van der Waals surface area contributed by atoms with Crippen molar-refractivity contribution in [2.75, 3.05) is 12.3 Å². The molecular weight excluding hydrogens is 225 g/mol. The third kappa shape index (κ3) is 2.88. The maximum atomic E-state index is 11.9. The number of alkyl halides is 3. The van der Waals surface area contributed by atoms with Crippen LogP contribution >= 0.6 is 0 Å². The maximum Gasteiger partial charge on any atom is 0.405 e. The van der Waals surface area contributed by atoms with Crippen molar-refractivity contribution >= 4 is 11.6 Å². The number of amides is 1. The van der Waals surface area contributed by atoms with Crippen LogP contribution in [0.4, 0.5) is 18.9 Å². The number of nitrogens with two attached hydrogens (primary N) is 1. The number of carbonyl (C=O) groups excluding carboxylic acids is 1. The molecule has 1 amide bonds. The highest BCUT2D eigenvalue weighted by molar-refractivity contribution is 5.97. The van der Waals surface area contributed by atoms with Crippen molar-refractivity contribution in [1.29, 1.82) is 0 Å². The van der Waals surface area contributed by atoms with E-state index >= 15 is 0 Å². The Morgan fingerprint density at radius 1 is 1.62 bits per heavy atom. The summed E-state index contributed by atoms with van der Waals surface area (Å²) in [6, 6.07) is 0. The number of carbonyl (C=O) groups is 1. The second-order valence-corrected chi connectivity index (χ2v) is 3.06. The minimum absolute atomic E-state index is 0.0493. The molecule has 1 aromatic heterocycles. The number of nitrogens with one attached hydrogen (secondary N) is 1. The number of aromatic nitrogens is 2. The first-order chi connectivity index (χ1) is 7.35. The Bertz CT molecular complexity index is 385. The fraction of sp³-hybridized carbons (Fsp3) is 0.500. The van der Waals surface area contributed by atoms with Crippen LogP contribution in [0.1, 0.15) is 17.4 Å². The molecule has 0 fully saturated rings. The lowest BCUT2D eigenvalue weighted by atomic mass is 10.3. The van der Waals surface area contributed by atoms with E-state index in [4.69, 9.17) is 5.73 Å². The molecule has 0 saturated heterocycles. The first kappa shape index (κ1) is 12.3. The van der Waals surface area contributed by atoms with E-state index in [1.807, 2.05) is 0 Å². The SMILES string of the molecule is CCn1ncc(N)c1C(=O)NCC(F)(F)F. The van der Waals surface area contributed by atoms with Gasteiger partial charge in [-0.15, -0.1) is 0 Å². The molecule has 0 unspecified atom stereocenters. The van der Waals surface area contributed by atoms with Gasteiger partial charge < -0.3 is 11.1 Å². The highest BCUT2D eigenvalue weighted by atomic mass is 19.4. The molecule has 0 aliphatic heterocycles. The molecule has 0 spiro atoms. The predicted molar refractivity (Wildman–Crippen MR) is 50.7 cm³/mol. The summed E-state index contributed by atoms with van der Waals surface area (Å²) in [5.74, 6) is -0.880. The van der Waals surface area contributed by atoms with E-state index in [0.29, 0.717) is 6.54 Å². The van der Waals surface area contributed by atoms with Gasteiger partial charge >= 0.3 is 6.18 Å². The van der Waals surface area contributed by atoms with Crippen LogP contribution in [0.5, 0.6) is 0 Å². The van der Waals surface area contributed by atoms with Crippen LogP contribution in [0.3, 0.4) is 0 Å². The Morgan fingerprint density at radius 3 is 2.75 bits per heavy atom. The van der Waals surface area contributed by atoms with E-state index in [9.17, 15) is 18.0 Å². The van der Waals surface area contributed by atoms with Gasteiger partial charge in [0.05, 0.1) is 11.9 Å². The second kappa shape index (κ2) is 4.42. The fourth-order valence-corrected chi connectivity index (χ4v) is 1.15. The number of anilines is 1. The van der Waals surface area contributed by atoms with E-state index in [2.05, 4.69) is 5.10 Å². The number of rotatable bonds is 3. The third-order valence-corrected chi connectivity index (χ3v) is 1.83. The molecule has 5 nitrogen and oxygen atoms in total. The van der Waals surface area contributed by atoms with Gasteiger partial charge in [-0.25, -0.2) is 0 Å². The lowest BCUT2D eigenvalue weighted by Crippen LogP contribution is -2.35. The Kier molecular flexibility index (Phi) is 3.41. The molecule has 90 valence electrons. The van der Waals surface area contributed by atoms with Crippen molar-refractivity contribution < 1.29 is 18.0 Å². The molecule has 0 aromatic carbocycles. The van der Waals surface area contributed by atoms with Crippen molar-refractivity contribution in [1.82, 2.24) is 15.1 Å². The average Bonchev–Trinajstić information content (AvgIpc) is 2.55. The number of nitrogens with zero attached hydrogens (tertiary/aromatic N) is 2. The van der Waals surface area contributed by atoms with Gasteiger partial charge in [0.15, 0.2) is 0 Å². The van der Waals surface area contributed by atoms with E-state index in [1.54, 1.807) is 12.2 Å². The van der Waals surface area contributed by atoms with Crippen molar-refractivity contribution in [3.05, 3.63) is 11.9 Å². The van der Waals surface area contributed by atoms with E-state index in [-0.39, 0.29) is 11.4 Å². The Morgan fingerprint density at radius 2 is 2.25 bits per heavy atom. The molecule has 1 heterocycles. The first-order valence-corrected chi connectivity index (χ1v) is 4.51. The van der Waals surface area contributed by atoms with Gasteiger partial charge in [0.2, 0.25) is 0 Å². The highest BCUT2D eigenvalue weighted by Gasteiger charge is 2.29. The zero-order valence-corrected chi connectivity index (χ0v) is 8.51. The second-order valence-electron chi connectivity index (χ2n) is 3.06. The summed E-state index contributed by atoms with van der Waals surface area (Å²) in [5.41, 5.74) is 5.44. The molecular formula is C8H11F3N4O. The molecule has 1 rings (SSSR count). The van der Waals surface area contributed by atoms with E-state index < -0.39 is 18.6 Å². The topological polar surface area (TPSA) is 72.9 Å². The van der Waals surface area contributed by atoms with E-state index in [0.717, 1.165) is 0 Å². The van der Waals surface area contributed by atoms with Gasteiger partial charge in [-0.05, 0) is 6.92 Å². The molecule has 0 atom stereocenters. The molecule has 0 aliphatic rings. The standard InChI is InChI=1S/C8H11F3N4O/c1-2-15-6(5(12)3-14-15)7(16)13-4-8(9,10)11/h3H,2,4,12H2,1H3,(H,13,16). The van der Waals surface area contributed by atoms with Gasteiger partial charge in [-0.1, -0.05) is 0 Å². The average molecular weight is 236 g/mol. The van der Waals surface area contributed by atoms with Crippen LogP contribution in [0.2, 0.25) is 0 Å². The Hall–Kier alpha value is -1.73. The van der Waals surface area contributed by atoms with Crippen molar-refractivity contribution in [2.24, 2.45) is 0 Å². The lowest BCUT2D eigenvalue weighted by molar-refractivity contribution is -0.123. The lowest BCUT2D eigenvalue weighted by Gasteiger charge is -2.09. The van der Waals surface area contributed by atoms with Crippen LogP contribution in [0, 0.1) is 0 Å². The Labute approximate surface area is 89.4 Å². The molecule has 0 aliphatic carbocycles. The van der Waals surface area contributed by atoms with Crippen LogP contribution < -0.4 is 11.1 Å². The number of hydrogen-bond donors (Lipinski definition) is 2. The quantitative estimate of drug-likeness (QED) is 0.814. The predicted octanol–water partition coefficient (Wildman–Crippen LogP) is 0.777. The van der Waals surface area contributed by atoms with Gasteiger partial charge in [0, 0.05) is 6.54 Å². The molecule has 0 radical (unpaired) electrons. The van der Waals surface area contributed by atoms with Gasteiger partial charge in [0.25, 0.3) is 5.91 Å². The summed E-state index contributed by atoms with van der Waals surface area (Å²) in [7, 11) is 0. The molecule has 3 N–H and O–H groups in total. The van der Waals surface area contributed by atoms with Crippen molar-refractivity contribution in [3.8, 4) is 0 Å². The normalized spacial score (nSPS) is 11.5. The van der Waals surface area contributed by atoms with Crippen LogP contribution in [0.15, 0.2) is 6.20 Å². The highest BCUT2D eigenvalue weighted by Crippen LogP contribution is 2.14. The largest absolute Gasteiger partial charge is 0.405 e. The molecule has 8 heteroatoms. The number of halogens is 3. The van der Waals surface area contributed by atoms with Crippen molar-refractivity contribution in [2.45, 2.75) is 19.6 Å². The van der Waals surface area contributed by atoms with E-state index in [1.165, 1.54) is 10.9 Å². The summed E-state index contributed by atoms with van der Waals surface area (Å²) < 4.78 is 36.9. The molecule has 0 saturated carbocycles. The minimum atomic E-state index is -4.44. The zero-order chi connectivity index (χ0) is 12.3. The van der Waals surface area contributed by atoms with Gasteiger partial charge in [-0.2, -0.15) is 18.3 Å². The number of aryl methyl sites for hydroxylation is 1. The minimum Gasteiger partial charge on any atom is -0.396 e. The zero-order valence-electron chi connectivity index (χ0n) is 8.51. The number of nitrogen functional groups attached to an aromatic ring is 1. The smallest absolute Gasteiger partial charge is 0.396 e. The molecule has 16 heavy (non-hydrogen) atoms. The summed E-state index contributed by atoms with van der Waals surface area (Å²) in [5, 5.41) is 5.49. The third-order valence-electron chi connectivity index (χ3n) is 1.83. The molecule has 1 aromatic rings. The summed E-state index contributed by atoms with van der Waals surface area (Å²) >= 11 is 0. The van der Waals surface area contributed by atoms with Gasteiger partial charge in [-0.3, -0.25) is 9.48 Å². The Balaban J connectivity index is 2.76. The van der Waals surface area contributed by atoms with Crippen LogP contribution in [-0.4, -0.2) is 28.4 Å². The fourth-order valence-electron chi connectivity index (χ4n) is 1.15. The summed E-state index contributed by atoms with van der Waals surface area (Å²) in [6.07, 6.45) is -3.21. The summed E-state index contributed by atoms with van der Waals surface area (Å²) in [6.45, 7) is 0.666. The molecule has 0 bridgehead atoms. The van der Waals surface area contributed by atoms with Crippen molar-refractivity contribution in [3.63, 3.8) is 0 Å². The van der Waals surface area contributed by atoms with Gasteiger partial charge in [0.1, 0.15) is 12.2 Å². The van der Waals surface area contributed by atoms with Crippen LogP contribution in [0.25, 0.3) is 0 Å². The monoisotopic (exact) mass is 236 g/mol. The van der Waals surface area contributed by atoms with Crippen LogP contribution in [-0.2, 0) is 6.54 Å². The maximum absolute atomic E-state index is 11.9. The summed E-state index contributed by atoms with van der Waals surface area (Å²) in [4.78, 5) is 11.4. The number of hydrogen-bond acceptors (Lipinski definition) is 3. The first-order valence-electron chi connectivity index (χ1n) is 4.51.